The number of hydrogen-bond acceptors (Lipinski definition) is 3. The van der Waals surface area contributed by atoms with Crippen LogP contribution in [0.3, 0.4) is 0 Å². The number of nitrogens with one attached hydrogen (secondary N) is 1. The lowest BCUT2D eigenvalue weighted by Gasteiger charge is -2.26. The predicted molar refractivity (Wildman–Crippen MR) is 84.4 cm³/mol. The van der Waals surface area contributed by atoms with E-state index in [0.717, 1.165) is 13.0 Å². The van der Waals surface area contributed by atoms with E-state index in [0.29, 0.717) is 12.3 Å². The van der Waals surface area contributed by atoms with Crippen molar-refractivity contribution in [2.45, 2.75) is 38.7 Å². The number of amides is 1. The highest BCUT2D eigenvalue weighted by atomic mass is 19.1. The second kappa shape index (κ2) is 8.73. The Morgan fingerprint density at radius 1 is 1.27 bits per heavy atom. The zero-order valence-electron chi connectivity index (χ0n) is 13.2. The number of nitrogens with zero attached hydrogens (tertiary/aromatic N) is 1. The van der Waals surface area contributed by atoms with E-state index in [-0.39, 0.29) is 11.7 Å². The molecule has 22 heavy (non-hydrogen) atoms. The smallest absolute Gasteiger partial charge is 0.260 e. The maximum atomic E-state index is 12.8. The summed E-state index contributed by atoms with van der Waals surface area (Å²) in [5, 5.41) is 2.89. The van der Waals surface area contributed by atoms with Crippen LogP contribution in [0, 0.1) is 5.82 Å². The Balaban J connectivity index is 1.62. The average molecular weight is 308 g/mol. The molecular formula is C17H25FN2O2. The summed E-state index contributed by atoms with van der Waals surface area (Å²) in [5.74, 6) is 0.0440. The molecule has 0 saturated carbocycles. The van der Waals surface area contributed by atoms with E-state index in [4.69, 9.17) is 4.74 Å². The highest BCUT2D eigenvalue weighted by Gasteiger charge is 2.14. The second-order valence-electron chi connectivity index (χ2n) is 5.76. The fourth-order valence-electron chi connectivity index (χ4n) is 2.61. The molecule has 1 heterocycles. The maximum Gasteiger partial charge on any atom is 0.260 e. The Bertz CT molecular complexity index is 458. The third-order valence-electron chi connectivity index (χ3n) is 3.89. The first-order valence-electron chi connectivity index (χ1n) is 8.07. The Morgan fingerprint density at radius 3 is 2.64 bits per heavy atom. The van der Waals surface area contributed by atoms with Crippen LogP contribution in [0.25, 0.3) is 0 Å². The van der Waals surface area contributed by atoms with Gasteiger partial charge in [-0.25, -0.2) is 4.39 Å². The summed E-state index contributed by atoms with van der Waals surface area (Å²) in [6.45, 7) is 5.75. The van der Waals surface area contributed by atoms with Gasteiger partial charge in [-0.1, -0.05) is 6.42 Å². The van der Waals surface area contributed by atoms with Crippen LogP contribution in [-0.2, 0) is 4.79 Å². The van der Waals surface area contributed by atoms with Gasteiger partial charge in [0, 0.05) is 6.54 Å². The Labute approximate surface area is 131 Å². The van der Waals surface area contributed by atoms with Gasteiger partial charge >= 0.3 is 0 Å². The molecule has 0 radical (unpaired) electrons. The van der Waals surface area contributed by atoms with Crippen molar-refractivity contribution in [1.82, 2.24) is 10.2 Å². The lowest BCUT2D eigenvalue weighted by atomic mass is 10.1. The van der Waals surface area contributed by atoms with E-state index in [1.165, 1.54) is 56.6 Å². The van der Waals surface area contributed by atoms with E-state index in [1.54, 1.807) is 6.92 Å². The molecule has 0 unspecified atom stereocenters. The van der Waals surface area contributed by atoms with Crippen molar-refractivity contribution in [1.29, 1.82) is 0 Å². The SMILES string of the molecule is C[C@@H](Oc1ccc(F)cc1)C(=O)NCCCN1CCCCC1. The standard InChI is InChI=1S/C17H25FN2O2/c1-14(22-16-8-6-15(18)7-9-16)17(21)19-10-5-13-20-11-3-2-4-12-20/h6-9,14H,2-5,10-13H2,1H3,(H,19,21)/t14-/m1/s1. The highest BCUT2D eigenvalue weighted by molar-refractivity contribution is 5.80. The molecule has 1 aromatic carbocycles. The van der Waals surface area contributed by atoms with Crippen molar-refractivity contribution in [2.75, 3.05) is 26.2 Å². The molecule has 5 heteroatoms. The van der Waals surface area contributed by atoms with Crippen molar-refractivity contribution >= 4 is 5.91 Å². The molecule has 1 aromatic rings. The average Bonchev–Trinajstić information content (AvgIpc) is 2.54. The fraction of sp³-hybridized carbons (Fsp3) is 0.588. The largest absolute Gasteiger partial charge is 0.481 e. The second-order valence-corrected chi connectivity index (χ2v) is 5.76. The summed E-state index contributed by atoms with van der Waals surface area (Å²) < 4.78 is 18.3. The molecule has 1 aliphatic rings. The number of carbonyl (C=O) groups excluding carboxylic acids is 1. The maximum absolute atomic E-state index is 12.8. The van der Waals surface area contributed by atoms with Crippen molar-refractivity contribution in [3.8, 4) is 5.75 Å². The van der Waals surface area contributed by atoms with Gasteiger partial charge in [0.15, 0.2) is 6.10 Å². The number of carbonyl (C=O) groups is 1. The molecule has 122 valence electrons. The molecule has 1 atom stereocenters. The third-order valence-corrected chi connectivity index (χ3v) is 3.89. The third kappa shape index (κ3) is 5.64. The highest BCUT2D eigenvalue weighted by Crippen LogP contribution is 2.13. The summed E-state index contributed by atoms with van der Waals surface area (Å²) in [6.07, 6.45) is 4.28. The van der Waals surface area contributed by atoms with Crippen molar-refractivity contribution < 1.29 is 13.9 Å². The van der Waals surface area contributed by atoms with Gasteiger partial charge in [0.25, 0.3) is 5.91 Å². The van der Waals surface area contributed by atoms with Crippen LogP contribution in [0.15, 0.2) is 24.3 Å². The van der Waals surface area contributed by atoms with Gasteiger partial charge in [-0.2, -0.15) is 0 Å². The molecule has 1 amide bonds. The van der Waals surface area contributed by atoms with Crippen molar-refractivity contribution in [3.63, 3.8) is 0 Å². The van der Waals surface area contributed by atoms with Gasteiger partial charge in [0.05, 0.1) is 0 Å². The molecule has 0 bridgehead atoms. The van der Waals surface area contributed by atoms with E-state index in [9.17, 15) is 9.18 Å². The van der Waals surface area contributed by atoms with Crippen LogP contribution in [0.2, 0.25) is 0 Å². The molecule has 1 N–H and O–H groups in total. The van der Waals surface area contributed by atoms with Gasteiger partial charge in [-0.15, -0.1) is 0 Å². The van der Waals surface area contributed by atoms with E-state index < -0.39 is 6.10 Å². The van der Waals surface area contributed by atoms with Gasteiger partial charge in [-0.05, 0) is 70.1 Å². The first-order chi connectivity index (χ1) is 10.6. The van der Waals surface area contributed by atoms with Crippen molar-refractivity contribution in [3.05, 3.63) is 30.1 Å². The molecule has 0 aliphatic carbocycles. The number of benzene rings is 1. The Hall–Kier alpha value is -1.62. The fourth-order valence-corrected chi connectivity index (χ4v) is 2.61. The van der Waals surface area contributed by atoms with E-state index in [1.807, 2.05) is 0 Å². The molecule has 1 saturated heterocycles. The van der Waals surface area contributed by atoms with Crippen LogP contribution in [-0.4, -0.2) is 43.1 Å². The number of rotatable bonds is 7. The number of ether oxygens (including phenoxy) is 1. The monoisotopic (exact) mass is 308 g/mol. The summed E-state index contributed by atoms with van der Waals surface area (Å²) in [7, 11) is 0. The lowest BCUT2D eigenvalue weighted by molar-refractivity contribution is -0.127. The molecule has 1 aliphatic heterocycles. The number of likely N-dealkylation sites (tertiary alicyclic amines) is 1. The predicted octanol–water partition coefficient (Wildman–Crippen LogP) is 2.59. The Kier molecular flexibility index (Phi) is 6.65. The topological polar surface area (TPSA) is 41.6 Å². The number of hydrogen-bond donors (Lipinski definition) is 1. The lowest BCUT2D eigenvalue weighted by Crippen LogP contribution is -2.38. The minimum Gasteiger partial charge on any atom is -0.481 e. The molecular weight excluding hydrogens is 283 g/mol. The van der Waals surface area contributed by atoms with Gasteiger partial charge in [-0.3, -0.25) is 4.79 Å². The number of halogens is 1. The van der Waals surface area contributed by atoms with E-state index >= 15 is 0 Å². The van der Waals surface area contributed by atoms with Gasteiger partial charge < -0.3 is 15.0 Å². The number of piperidine rings is 1. The first-order valence-corrected chi connectivity index (χ1v) is 8.07. The van der Waals surface area contributed by atoms with Crippen LogP contribution in [0.1, 0.15) is 32.6 Å². The van der Waals surface area contributed by atoms with Crippen LogP contribution < -0.4 is 10.1 Å². The Morgan fingerprint density at radius 2 is 1.95 bits per heavy atom. The normalized spacial score (nSPS) is 17.0. The molecule has 0 aromatic heterocycles. The van der Waals surface area contributed by atoms with Crippen LogP contribution in [0.5, 0.6) is 5.75 Å². The minimum absolute atomic E-state index is 0.136. The molecule has 0 spiro atoms. The summed E-state index contributed by atoms with van der Waals surface area (Å²) >= 11 is 0. The molecule has 1 fully saturated rings. The molecule has 2 rings (SSSR count). The molecule has 4 nitrogen and oxygen atoms in total. The first kappa shape index (κ1) is 16.7. The van der Waals surface area contributed by atoms with Crippen LogP contribution >= 0.6 is 0 Å². The summed E-state index contributed by atoms with van der Waals surface area (Å²) in [4.78, 5) is 14.4. The summed E-state index contributed by atoms with van der Waals surface area (Å²) in [5.41, 5.74) is 0. The quantitative estimate of drug-likeness (QED) is 0.787. The minimum atomic E-state index is -0.583. The van der Waals surface area contributed by atoms with Gasteiger partial charge in [0.2, 0.25) is 0 Å². The zero-order chi connectivity index (χ0) is 15.8. The van der Waals surface area contributed by atoms with Gasteiger partial charge in [0.1, 0.15) is 11.6 Å². The van der Waals surface area contributed by atoms with Crippen molar-refractivity contribution in [2.24, 2.45) is 0 Å². The van der Waals surface area contributed by atoms with Crippen LogP contribution in [0.4, 0.5) is 4.39 Å². The van der Waals surface area contributed by atoms with E-state index in [2.05, 4.69) is 10.2 Å². The zero-order valence-corrected chi connectivity index (χ0v) is 13.2. The summed E-state index contributed by atoms with van der Waals surface area (Å²) in [6, 6.07) is 5.68.